The minimum absolute atomic E-state index is 0.175. The van der Waals surface area contributed by atoms with E-state index in [1.165, 1.54) is 11.1 Å². The number of rotatable bonds is 6. The van der Waals surface area contributed by atoms with Crippen molar-refractivity contribution in [2.75, 3.05) is 14.2 Å². The summed E-state index contributed by atoms with van der Waals surface area (Å²) in [7, 11) is 3.29. The van der Waals surface area contributed by atoms with Crippen LogP contribution in [0, 0.1) is 0 Å². The summed E-state index contributed by atoms with van der Waals surface area (Å²) in [5.74, 6) is 2.51. The van der Waals surface area contributed by atoms with Crippen molar-refractivity contribution in [1.82, 2.24) is 0 Å². The molecule has 0 spiro atoms. The first kappa shape index (κ1) is 26.4. The number of methoxy groups -OCH3 is 2. The summed E-state index contributed by atoms with van der Waals surface area (Å²) in [5.41, 5.74) is 7.01. The van der Waals surface area contributed by atoms with Crippen LogP contribution in [-0.2, 0) is 0 Å². The van der Waals surface area contributed by atoms with Crippen LogP contribution in [0.15, 0.2) is 138 Å². The third kappa shape index (κ3) is 5.77. The highest BCUT2D eigenvalue weighted by Crippen LogP contribution is 2.42. The lowest BCUT2D eigenvalue weighted by molar-refractivity contribution is 0.414. The molecule has 0 saturated carbocycles. The molecule has 0 aliphatic heterocycles. The average Bonchev–Trinajstić information content (AvgIpc) is 3.40. The molecule has 6 aromatic rings. The fraction of sp³-hybridized carbons (Fsp3) is 0.0556. The van der Waals surface area contributed by atoms with Gasteiger partial charge in [0.15, 0.2) is 0 Å². The Morgan fingerprint density at radius 1 is 0.625 bits per heavy atom. The summed E-state index contributed by atoms with van der Waals surface area (Å²) in [6.07, 6.45) is 0. The number of phenolic OH excluding ortho intramolecular Hbond substituents is 1. The molecule has 5 aromatic carbocycles. The molecule has 40 heavy (non-hydrogen) atoms. The van der Waals surface area contributed by atoms with Crippen LogP contribution in [0.25, 0.3) is 39.0 Å². The number of phenols is 1. The van der Waals surface area contributed by atoms with Crippen molar-refractivity contribution in [2.45, 2.75) is 0 Å². The standard InChI is InChI=1S/C22H18O4.C14H12/c1-24-17-8-3-14(4-9-17)21-19-12-7-16(23)13-20(19)26-22(21)15-5-10-18(25-2)11-6-15;1-12(13-8-4-2-5-9-13)14-10-6-3-7-11-14/h3-13,23H,1-2H3;2-11H,1H2. The minimum atomic E-state index is 0.175. The van der Waals surface area contributed by atoms with Gasteiger partial charge in [-0.25, -0.2) is 0 Å². The first-order valence-corrected chi connectivity index (χ1v) is 12.9. The van der Waals surface area contributed by atoms with E-state index in [9.17, 15) is 5.11 Å². The second-order valence-corrected chi connectivity index (χ2v) is 9.15. The van der Waals surface area contributed by atoms with Gasteiger partial charge in [0.1, 0.15) is 28.6 Å². The highest BCUT2D eigenvalue weighted by molar-refractivity contribution is 6.02. The van der Waals surface area contributed by atoms with Crippen molar-refractivity contribution in [3.63, 3.8) is 0 Å². The van der Waals surface area contributed by atoms with Crippen molar-refractivity contribution in [3.05, 3.63) is 145 Å². The summed E-state index contributed by atoms with van der Waals surface area (Å²) in [6, 6.07) is 41.2. The maximum Gasteiger partial charge on any atom is 0.143 e. The Morgan fingerprint density at radius 3 is 1.62 bits per heavy atom. The van der Waals surface area contributed by atoms with Gasteiger partial charge in [0, 0.05) is 22.6 Å². The van der Waals surface area contributed by atoms with Crippen molar-refractivity contribution >= 4 is 16.5 Å². The highest BCUT2D eigenvalue weighted by Gasteiger charge is 2.18. The molecule has 0 radical (unpaired) electrons. The molecule has 0 aliphatic carbocycles. The summed E-state index contributed by atoms with van der Waals surface area (Å²) >= 11 is 0. The van der Waals surface area contributed by atoms with Crippen LogP contribution in [0.5, 0.6) is 17.2 Å². The van der Waals surface area contributed by atoms with E-state index in [1.54, 1.807) is 26.4 Å². The molecule has 0 bridgehead atoms. The summed E-state index contributed by atoms with van der Waals surface area (Å²) < 4.78 is 16.6. The van der Waals surface area contributed by atoms with Crippen molar-refractivity contribution in [3.8, 4) is 39.7 Å². The predicted octanol–water partition coefficient (Wildman–Crippen LogP) is 9.24. The normalized spacial score (nSPS) is 10.4. The zero-order valence-electron chi connectivity index (χ0n) is 22.5. The monoisotopic (exact) mass is 526 g/mol. The van der Waals surface area contributed by atoms with Crippen LogP contribution in [0.3, 0.4) is 0 Å². The quantitative estimate of drug-likeness (QED) is 0.235. The lowest BCUT2D eigenvalue weighted by Crippen LogP contribution is -1.85. The van der Waals surface area contributed by atoms with E-state index in [4.69, 9.17) is 13.9 Å². The molecule has 1 N–H and O–H groups in total. The summed E-state index contributed by atoms with van der Waals surface area (Å²) in [5, 5.41) is 10.8. The van der Waals surface area contributed by atoms with E-state index in [0.29, 0.717) is 5.58 Å². The molecule has 0 unspecified atom stereocenters. The molecule has 4 nitrogen and oxygen atoms in total. The van der Waals surface area contributed by atoms with E-state index < -0.39 is 0 Å². The Morgan fingerprint density at radius 2 is 1.12 bits per heavy atom. The van der Waals surface area contributed by atoms with E-state index in [0.717, 1.165) is 44.9 Å². The number of benzene rings is 5. The molecule has 0 atom stereocenters. The zero-order chi connectivity index (χ0) is 27.9. The smallest absolute Gasteiger partial charge is 0.143 e. The van der Waals surface area contributed by atoms with Crippen LogP contribution in [0.1, 0.15) is 11.1 Å². The van der Waals surface area contributed by atoms with Gasteiger partial charge in [-0.2, -0.15) is 0 Å². The van der Waals surface area contributed by atoms with Crippen LogP contribution >= 0.6 is 0 Å². The predicted molar refractivity (Wildman–Crippen MR) is 163 cm³/mol. The number of ether oxygens (including phenoxy) is 2. The number of aromatic hydroxyl groups is 1. The van der Waals surface area contributed by atoms with E-state index in [2.05, 4.69) is 30.8 Å². The van der Waals surface area contributed by atoms with Crippen LogP contribution < -0.4 is 9.47 Å². The van der Waals surface area contributed by atoms with Gasteiger partial charge in [-0.1, -0.05) is 79.4 Å². The lowest BCUT2D eigenvalue weighted by atomic mass is 9.98. The Bertz CT molecular complexity index is 1660. The van der Waals surface area contributed by atoms with Gasteiger partial charge < -0.3 is 19.0 Å². The Balaban J connectivity index is 0.000000194. The Hall–Kier alpha value is -5.22. The Kier molecular flexibility index (Phi) is 7.98. The van der Waals surface area contributed by atoms with Gasteiger partial charge >= 0.3 is 0 Å². The Labute approximate surface area is 234 Å². The SMILES string of the molecule is C=C(c1ccccc1)c1ccccc1.COc1ccc(-c2oc3cc(O)ccc3c2-c2ccc(OC)cc2)cc1. The molecule has 1 aromatic heterocycles. The van der Waals surface area contributed by atoms with Gasteiger partial charge in [0.05, 0.1) is 14.2 Å². The van der Waals surface area contributed by atoms with Gasteiger partial charge in [-0.3, -0.25) is 0 Å². The molecule has 0 amide bonds. The second-order valence-electron chi connectivity index (χ2n) is 9.15. The van der Waals surface area contributed by atoms with E-state index >= 15 is 0 Å². The van der Waals surface area contributed by atoms with Crippen LogP contribution in [-0.4, -0.2) is 19.3 Å². The third-order valence-electron chi connectivity index (χ3n) is 6.65. The number of fused-ring (bicyclic) bond motifs is 1. The number of hydrogen-bond acceptors (Lipinski definition) is 4. The molecule has 0 fully saturated rings. The molecular weight excluding hydrogens is 496 g/mol. The van der Waals surface area contributed by atoms with Gasteiger partial charge in [-0.05, 0) is 70.8 Å². The molecule has 6 rings (SSSR count). The fourth-order valence-corrected chi connectivity index (χ4v) is 4.52. The maximum atomic E-state index is 9.82. The second kappa shape index (κ2) is 12.1. The summed E-state index contributed by atoms with van der Waals surface area (Å²) in [4.78, 5) is 0. The summed E-state index contributed by atoms with van der Waals surface area (Å²) in [6.45, 7) is 4.10. The minimum Gasteiger partial charge on any atom is -0.508 e. The topological polar surface area (TPSA) is 51.8 Å². The van der Waals surface area contributed by atoms with Crippen molar-refractivity contribution in [1.29, 1.82) is 0 Å². The number of hydrogen-bond donors (Lipinski definition) is 1. The van der Waals surface area contributed by atoms with Crippen molar-refractivity contribution in [2.24, 2.45) is 0 Å². The number of furan rings is 1. The largest absolute Gasteiger partial charge is 0.508 e. The van der Waals surface area contributed by atoms with Crippen LogP contribution in [0.4, 0.5) is 0 Å². The molecule has 0 aliphatic rings. The van der Waals surface area contributed by atoms with Crippen LogP contribution in [0.2, 0.25) is 0 Å². The molecule has 198 valence electrons. The average molecular weight is 527 g/mol. The lowest BCUT2D eigenvalue weighted by Gasteiger charge is -2.06. The first-order valence-electron chi connectivity index (χ1n) is 12.9. The highest BCUT2D eigenvalue weighted by atomic mass is 16.5. The molecular formula is C36H30O4. The molecule has 0 saturated heterocycles. The van der Waals surface area contributed by atoms with E-state index in [1.807, 2.05) is 91.0 Å². The maximum absolute atomic E-state index is 9.82. The van der Waals surface area contributed by atoms with Gasteiger partial charge in [0.25, 0.3) is 0 Å². The zero-order valence-corrected chi connectivity index (χ0v) is 22.5. The van der Waals surface area contributed by atoms with Gasteiger partial charge in [0.2, 0.25) is 0 Å². The van der Waals surface area contributed by atoms with Gasteiger partial charge in [-0.15, -0.1) is 0 Å². The third-order valence-corrected chi connectivity index (χ3v) is 6.65. The fourth-order valence-electron chi connectivity index (χ4n) is 4.52. The van der Waals surface area contributed by atoms with Crippen molar-refractivity contribution < 1.29 is 19.0 Å². The van der Waals surface area contributed by atoms with E-state index in [-0.39, 0.29) is 5.75 Å². The molecule has 4 heteroatoms. The molecule has 1 heterocycles. The first-order chi connectivity index (χ1) is 19.6.